The van der Waals surface area contributed by atoms with E-state index in [1.807, 2.05) is 13.8 Å². The number of rotatable bonds is 3. The fourth-order valence-corrected chi connectivity index (χ4v) is 2.25. The first-order valence-corrected chi connectivity index (χ1v) is 7.01. The van der Waals surface area contributed by atoms with Gasteiger partial charge >= 0.3 is 0 Å². The van der Waals surface area contributed by atoms with Crippen LogP contribution < -0.4 is 0 Å². The minimum atomic E-state index is -0.280. The molecular formula is C14H18N4O3. The van der Waals surface area contributed by atoms with Gasteiger partial charge in [-0.15, -0.1) is 0 Å². The lowest BCUT2D eigenvalue weighted by Gasteiger charge is -2.31. The van der Waals surface area contributed by atoms with Gasteiger partial charge in [0.25, 0.3) is 5.91 Å². The van der Waals surface area contributed by atoms with Crippen molar-refractivity contribution in [1.82, 2.24) is 20.1 Å². The summed E-state index contributed by atoms with van der Waals surface area (Å²) in [6, 6.07) is 3.37. The van der Waals surface area contributed by atoms with Gasteiger partial charge in [-0.1, -0.05) is 13.8 Å². The zero-order valence-electron chi connectivity index (χ0n) is 12.1. The Labute approximate surface area is 122 Å². The zero-order chi connectivity index (χ0) is 14.8. The van der Waals surface area contributed by atoms with Crippen LogP contribution in [0, 0.1) is 0 Å². The molecule has 112 valence electrons. The van der Waals surface area contributed by atoms with Gasteiger partial charge in [-0.25, -0.2) is 4.98 Å². The Morgan fingerprint density at radius 1 is 1.52 bits per heavy atom. The minimum Gasteiger partial charge on any atom is -0.459 e. The van der Waals surface area contributed by atoms with Crippen molar-refractivity contribution in [3.8, 4) is 0 Å². The molecule has 0 saturated carbocycles. The molecule has 1 amide bonds. The largest absolute Gasteiger partial charge is 0.459 e. The number of hydrogen-bond donors (Lipinski definition) is 1. The minimum absolute atomic E-state index is 0.128. The molecule has 0 bridgehead atoms. The Balaban J connectivity index is 1.72. The lowest BCUT2D eigenvalue weighted by Crippen LogP contribution is -2.42. The molecule has 1 aliphatic rings. The summed E-state index contributed by atoms with van der Waals surface area (Å²) in [5.74, 6) is 1.88. The number of nitrogens with zero attached hydrogens (tertiary/aromatic N) is 3. The van der Waals surface area contributed by atoms with E-state index in [1.54, 1.807) is 17.0 Å². The van der Waals surface area contributed by atoms with Crippen molar-refractivity contribution in [3.63, 3.8) is 0 Å². The Morgan fingerprint density at radius 3 is 3.05 bits per heavy atom. The smallest absolute Gasteiger partial charge is 0.289 e. The predicted octanol–water partition coefficient (Wildman–Crippen LogP) is 1.73. The van der Waals surface area contributed by atoms with Crippen LogP contribution in [0.4, 0.5) is 0 Å². The Morgan fingerprint density at radius 2 is 2.38 bits per heavy atom. The number of H-pyrrole nitrogens is 1. The molecule has 1 unspecified atom stereocenters. The molecule has 1 aliphatic heterocycles. The Bertz CT molecular complexity index is 606. The first-order chi connectivity index (χ1) is 10.1. The van der Waals surface area contributed by atoms with Crippen LogP contribution in [0.2, 0.25) is 0 Å². The van der Waals surface area contributed by atoms with Crippen LogP contribution in [0.5, 0.6) is 0 Å². The van der Waals surface area contributed by atoms with Gasteiger partial charge in [0.15, 0.2) is 17.4 Å². The van der Waals surface area contributed by atoms with Crippen molar-refractivity contribution in [2.75, 3.05) is 19.7 Å². The maximum absolute atomic E-state index is 12.3. The number of aromatic amines is 1. The van der Waals surface area contributed by atoms with Crippen molar-refractivity contribution >= 4 is 5.91 Å². The molecule has 3 rings (SSSR count). The van der Waals surface area contributed by atoms with E-state index < -0.39 is 0 Å². The van der Waals surface area contributed by atoms with Gasteiger partial charge in [0.1, 0.15) is 6.10 Å². The van der Waals surface area contributed by atoms with Crippen molar-refractivity contribution in [3.05, 3.63) is 35.8 Å². The van der Waals surface area contributed by atoms with E-state index >= 15 is 0 Å². The van der Waals surface area contributed by atoms with Crippen LogP contribution in [-0.4, -0.2) is 45.7 Å². The molecule has 1 N–H and O–H groups in total. The third kappa shape index (κ3) is 2.82. The summed E-state index contributed by atoms with van der Waals surface area (Å²) in [7, 11) is 0. The highest BCUT2D eigenvalue weighted by atomic mass is 16.5. The van der Waals surface area contributed by atoms with Crippen LogP contribution in [0.3, 0.4) is 0 Å². The molecule has 0 aromatic carbocycles. The number of amides is 1. The summed E-state index contributed by atoms with van der Waals surface area (Å²) in [5, 5.41) is 7.08. The number of aromatic nitrogens is 3. The summed E-state index contributed by atoms with van der Waals surface area (Å²) in [6.45, 7) is 5.51. The van der Waals surface area contributed by atoms with E-state index in [2.05, 4.69) is 15.2 Å². The van der Waals surface area contributed by atoms with Crippen LogP contribution in [0.25, 0.3) is 0 Å². The molecule has 2 aromatic rings. The van der Waals surface area contributed by atoms with Crippen molar-refractivity contribution in [2.24, 2.45) is 0 Å². The number of carbonyl (C=O) groups is 1. The molecule has 21 heavy (non-hydrogen) atoms. The molecule has 1 fully saturated rings. The third-order valence-corrected chi connectivity index (χ3v) is 3.43. The molecule has 7 nitrogen and oxygen atoms in total. The second-order valence-electron chi connectivity index (χ2n) is 5.32. The molecule has 1 saturated heterocycles. The van der Waals surface area contributed by atoms with Crippen molar-refractivity contribution in [2.45, 2.75) is 25.9 Å². The number of carbonyl (C=O) groups excluding carboxylic acids is 1. The maximum Gasteiger partial charge on any atom is 0.289 e. The van der Waals surface area contributed by atoms with Crippen LogP contribution >= 0.6 is 0 Å². The first-order valence-electron chi connectivity index (χ1n) is 7.01. The van der Waals surface area contributed by atoms with Crippen molar-refractivity contribution < 1.29 is 13.9 Å². The van der Waals surface area contributed by atoms with E-state index in [0.29, 0.717) is 31.3 Å². The number of furan rings is 1. The standard InChI is InChI=1S/C14H18N4O3/c1-9(2)12-15-13(17-16-12)11-8-18(5-7-21-11)14(19)10-4-3-6-20-10/h3-4,6,9,11H,5,7-8H2,1-2H3,(H,15,16,17). The fourth-order valence-electron chi connectivity index (χ4n) is 2.25. The van der Waals surface area contributed by atoms with Gasteiger partial charge in [-0.3, -0.25) is 9.89 Å². The highest BCUT2D eigenvalue weighted by Gasteiger charge is 2.29. The molecule has 0 aliphatic carbocycles. The Kier molecular flexibility index (Phi) is 3.74. The number of hydrogen-bond acceptors (Lipinski definition) is 5. The fraction of sp³-hybridized carbons (Fsp3) is 0.500. The monoisotopic (exact) mass is 290 g/mol. The molecule has 3 heterocycles. The van der Waals surface area contributed by atoms with E-state index in [-0.39, 0.29) is 17.9 Å². The molecule has 1 atom stereocenters. The quantitative estimate of drug-likeness (QED) is 0.930. The van der Waals surface area contributed by atoms with Crippen LogP contribution in [-0.2, 0) is 4.74 Å². The lowest BCUT2D eigenvalue weighted by molar-refractivity contribution is -0.0275. The average molecular weight is 290 g/mol. The van der Waals surface area contributed by atoms with Gasteiger partial charge in [0.2, 0.25) is 0 Å². The highest BCUT2D eigenvalue weighted by Crippen LogP contribution is 2.22. The number of nitrogens with one attached hydrogen (secondary N) is 1. The SMILES string of the molecule is CC(C)c1n[nH]c(C2CN(C(=O)c3ccco3)CCO2)n1. The summed E-state index contributed by atoms with van der Waals surface area (Å²) in [5.41, 5.74) is 0. The molecule has 2 aromatic heterocycles. The third-order valence-electron chi connectivity index (χ3n) is 3.43. The van der Waals surface area contributed by atoms with E-state index in [1.165, 1.54) is 6.26 Å². The van der Waals surface area contributed by atoms with Crippen LogP contribution in [0.15, 0.2) is 22.8 Å². The van der Waals surface area contributed by atoms with Crippen LogP contribution in [0.1, 0.15) is 48.1 Å². The van der Waals surface area contributed by atoms with Gasteiger partial charge in [-0.2, -0.15) is 5.10 Å². The molecular weight excluding hydrogens is 272 g/mol. The van der Waals surface area contributed by atoms with E-state index in [9.17, 15) is 4.79 Å². The second kappa shape index (κ2) is 5.69. The van der Waals surface area contributed by atoms with Crippen molar-refractivity contribution in [1.29, 1.82) is 0 Å². The summed E-state index contributed by atoms with van der Waals surface area (Å²) >= 11 is 0. The highest BCUT2D eigenvalue weighted by molar-refractivity contribution is 5.91. The molecule has 0 radical (unpaired) electrons. The second-order valence-corrected chi connectivity index (χ2v) is 5.32. The van der Waals surface area contributed by atoms with Gasteiger partial charge in [0.05, 0.1) is 19.4 Å². The zero-order valence-corrected chi connectivity index (χ0v) is 12.1. The van der Waals surface area contributed by atoms with E-state index in [0.717, 1.165) is 5.82 Å². The lowest BCUT2D eigenvalue weighted by atomic mass is 10.2. The number of ether oxygens (including phenoxy) is 1. The van der Waals surface area contributed by atoms with E-state index in [4.69, 9.17) is 9.15 Å². The summed E-state index contributed by atoms with van der Waals surface area (Å²) < 4.78 is 10.9. The maximum atomic E-state index is 12.3. The number of morpholine rings is 1. The first kappa shape index (κ1) is 13.8. The normalized spacial score (nSPS) is 19.2. The summed E-state index contributed by atoms with van der Waals surface area (Å²) in [6.07, 6.45) is 1.22. The topological polar surface area (TPSA) is 84.2 Å². The summed E-state index contributed by atoms with van der Waals surface area (Å²) in [4.78, 5) is 18.4. The molecule has 0 spiro atoms. The molecule has 7 heteroatoms. The predicted molar refractivity (Wildman–Crippen MR) is 73.8 cm³/mol. The van der Waals surface area contributed by atoms with Gasteiger partial charge < -0.3 is 14.1 Å². The van der Waals surface area contributed by atoms with Gasteiger partial charge in [0, 0.05) is 12.5 Å². The Hall–Kier alpha value is -2.15. The van der Waals surface area contributed by atoms with Gasteiger partial charge in [-0.05, 0) is 12.1 Å². The average Bonchev–Trinajstić information content (AvgIpc) is 3.18.